The van der Waals surface area contributed by atoms with Gasteiger partial charge in [0.25, 0.3) is 5.91 Å². The first-order valence-corrected chi connectivity index (χ1v) is 10.1. The van der Waals surface area contributed by atoms with Gasteiger partial charge in [0, 0.05) is 39.4 Å². The molecule has 164 valence electrons. The normalized spacial score (nSPS) is 16.2. The van der Waals surface area contributed by atoms with Crippen LogP contribution in [0.5, 0.6) is 0 Å². The molecule has 0 saturated carbocycles. The van der Waals surface area contributed by atoms with Crippen LogP contribution in [0.1, 0.15) is 35.7 Å². The highest BCUT2D eigenvalue weighted by atomic mass is 127. The van der Waals surface area contributed by atoms with Crippen LogP contribution in [0, 0.1) is 0 Å². The molecular weight excluding hydrogens is 483 g/mol. The molecule has 2 rings (SSSR count). The second-order valence-corrected chi connectivity index (χ2v) is 7.05. The van der Waals surface area contributed by atoms with Gasteiger partial charge < -0.3 is 25.0 Å². The van der Waals surface area contributed by atoms with Crippen LogP contribution in [-0.2, 0) is 15.9 Å². The number of amides is 1. The van der Waals surface area contributed by atoms with Crippen molar-refractivity contribution in [2.45, 2.75) is 32.3 Å². The lowest BCUT2D eigenvalue weighted by Gasteiger charge is -2.13. The largest absolute Gasteiger partial charge is 0.377 e. The van der Waals surface area contributed by atoms with Crippen LogP contribution in [0.3, 0.4) is 0 Å². The van der Waals surface area contributed by atoms with E-state index in [9.17, 15) is 4.79 Å². The average molecular weight is 518 g/mol. The molecule has 0 aliphatic carbocycles. The number of aliphatic imine (C=N–C) groups is 1. The van der Waals surface area contributed by atoms with Crippen LogP contribution in [-0.4, -0.2) is 76.4 Å². The van der Waals surface area contributed by atoms with E-state index in [1.165, 1.54) is 0 Å². The summed E-state index contributed by atoms with van der Waals surface area (Å²) in [5, 5.41) is 6.58. The van der Waals surface area contributed by atoms with Crippen molar-refractivity contribution in [3.63, 3.8) is 0 Å². The van der Waals surface area contributed by atoms with Crippen molar-refractivity contribution in [3.8, 4) is 0 Å². The smallest absolute Gasteiger partial charge is 0.253 e. The molecule has 0 radical (unpaired) electrons. The number of nitrogens with zero attached hydrogens (tertiary/aromatic N) is 2. The lowest BCUT2D eigenvalue weighted by atomic mass is 10.1. The Morgan fingerprint density at radius 2 is 2.17 bits per heavy atom. The Hall–Kier alpha value is -1.39. The van der Waals surface area contributed by atoms with E-state index in [1.807, 2.05) is 31.2 Å². The molecule has 1 atom stereocenters. The van der Waals surface area contributed by atoms with Crippen LogP contribution in [0.2, 0.25) is 0 Å². The van der Waals surface area contributed by atoms with Gasteiger partial charge in [0.05, 0.1) is 25.9 Å². The third kappa shape index (κ3) is 9.77. The second-order valence-electron chi connectivity index (χ2n) is 7.05. The number of guanidine groups is 1. The van der Waals surface area contributed by atoms with Crippen LogP contribution in [0.15, 0.2) is 29.3 Å². The Bertz CT molecular complexity index is 634. The summed E-state index contributed by atoms with van der Waals surface area (Å²) in [5.74, 6) is 0.802. The molecule has 0 spiro atoms. The molecule has 8 heteroatoms. The first-order valence-electron chi connectivity index (χ1n) is 10.1. The maximum absolute atomic E-state index is 12.1. The Morgan fingerprint density at radius 3 is 2.86 bits per heavy atom. The van der Waals surface area contributed by atoms with Gasteiger partial charge in [0.1, 0.15) is 0 Å². The molecule has 1 heterocycles. The minimum Gasteiger partial charge on any atom is -0.377 e. The molecule has 29 heavy (non-hydrogen) atoms. The molecular formula is C21H35IN4O3. The van der Waals surface area contributed by atoms with Crippen LogP contribution in [0.4, 0.5) is 0 Å². The summed E-state index contributed by atoms with van der Waals surface area (Å²) >= 11 is 0. The van der Waals surface area contributed by atoms with Gasteiger partial charge in [-0.05, 0) is 43.9 Å². The summed E-state index contributed by atoms with van der Waals surface area (Å²) in [5.41, 5.74) is 1.84. The predicted octanol–water partition coefficient (Wildman–Crippen LogP) is 2.30. The number of ether oxygens (including phenoxy) is 2. The summed E-state index contributed by atoms with van der Waals surface area (Å²) in [6.45, 7) is 6.29. The van der Waals surface area contributed by atoms with Gasteiger partial charge in [0.15, 0.2) is 5.96 Å². The van der Waals surface area contributed by atoms with E-state index in [1.54, 1.807) is 19.0 Å². The van der Waals surface area contributed by atoms with E-state index < -0.39 is 0 Å². The quantitative estimate of drug-likeness (QED) is 0.215. The van der Waals surface area contributed by atoms with E-state index in [4.69, 9.17) is 9.47 Å². The van der Waals surface area contributed by atoms with Crippen molar-refractivity contribution in [2.24, 2.45) is 4.99 Å². The maximum Gasteiger partial charge on any atom is 0.253 e. The van der Waals surface area contributed by atoms with Crippen LogP contribution in [0.25, 0.3) is 0 Å². The molecule has 1 aliphatic heterocycles. The zero-order valence-electron chi connectivity index (χ0n) is 17.8. The van der Waals surface area contributed by atoms with Gasteiger partial charge in [-0.25, -0.2) is 0 Å². The molecule has 1 fully saturated rings. The van der Waals surface area contributed by atoms with Crippen LogP contribution < -0.4 is 10.6 Å². The second kappa shape index (κ2) is 14.6. The molecule has 1 aromatic carbocycles. The van der Waals surface area contributed by atoms with Gasteiger partial charge in [-0.2, -0.15) is 0 Å². The highest BCUT2D eigenvalue weighted by Gasteiger charge is 2.14. The van der Waals surface area contributed by atoms with Crippen molar-refractivity contribution in [1.82, 2.24) is 15.5 Å². The van der Waals surface area contributed by atoms with Crippen molar-refractivity contribution >= 4 is 35.8 Å². The average Bonchev–Trinajstić information content (AvgIpc) is 3.20. The van der Waals surface area contributed by atoms with E-state index in [0.717, 1.165) is 50.5 Å². The number of carbonyl (C=O) groups is 1. The van der Waals surface area contributed by atoms with Gasteiger partial charge >= 0.3 is 0 Å². The van der Waals surface area contributed by atoms with Crippen molar-refractivity contribution in [2.75, 3.05) is 53.6 Å². The molecule has 0 bridgehead atoms. The minimum atomic E-state index is 0. The zero-order valence-corrected chi connectivity index (χ0v) is 20.1. The molecule has 0 aromatic heterocycles. The summed E-state index contributed by atoms with van der Waals surface area (Å²) in [4.78, 5) is 18.2. The molecule has 1 saturated heterocycles. The molecule has 7 nitrogen and oxygen atoms in total. The molecule has 2 N–H and O–H groups in total. The number of nitrogens with one attached hydrogen (secondary N) is 2. The third-order valence-electron chi connectivity index (χ3n) is 4.46. The van der Waals surface area contributed by atoms with E-state index >= 15 is 0 Å². The fraction of sp³-hybridized carbons (Fsp3) is 0.619. The summed E-state index contributed by atoms with van der Waals surface area (Å²) < 4.78 is 11.2. The Labute approximate surface area is 191 Å². The summed E-state index contributed by atoms with van der Waals surface area (Å²) in [7, 11) is 3.53. The predicted molar refractivity (Wildman–Crippen MR) is 127 cm³/mol. The fourth-order valence-corrected chi connectivity index (χ4v) is 3.00. The lowest BCUT2D eigenvalue weighted by Crippen LogP contribution is -2.38. The standard InChI is InChI=1S/C21H34N4O3.HI/c1-4-22-21(24-12-14-27-16-19-9-6-13-28-19)23-11-10-17-7-5-8-18(15-17)20(26)25(2)3;/h5,7-8,15,19H,4,6,9-14,16H2,1-3H3,(H2,22,23,24);1H. The topological polar surface area (TPSA) is 75.2 Å². The van der Waals surface area contributed by atoms with Crippen molar-refractivity contribution < 1.29 is 14.3 Å². The zero-order chi connectivity index (χ0) is 20.2. The Kier molecular flexibility index (Phi) is 12.9. The van der Waals surface area contributed by atoms with Gasteiger partial charge in [-0.15, -0.1) is 24.0 Å². The number of halogens is 1. The third-order valence-corrected chi connectivity index (χ3v) is 4.46. The van der Waals surface area contributed by atoms with Gasteiger partial charge in [-0.1, -0.05) is 12.1 Å². The fourth-order valence-electron chi connectivity index (χ4n) is 3.00. The number of rotatable bonds is 10. The highest BCUT2D eigenvalue weighted by Crippen LogP contribution is 2.11. The molecule has 1 aliphatic rings. The molecule has 1 unspecified atom stereocenters. The Balaban J connectivity index is 0.00000420. The van der Waals surface area contributed by atoms with Gasteiger partial charge in [0.2, 0.25) is 0 Å². The highest BCUT2D eigenvalue weighted by molar-refractivity contribution is 14.0. The first-order chi connectivity index (χ1) is 13.6. The lowest BCUT2D eigenvalue weighted by molar-refractivity contribution is 0.0200. The number of benzene rings is 1. The first kappa shape index (κ1) is 25.6. The van der Waals surface area contributed by atoms with E-state index in [2.05, 4.69) is 15.6 Å². The van der Waals surface area contributed by atoms with Crippen molar-refractivity contribution in [1.29, 1.82) is 0 Å². The van der Waals surface area contributed by atoms with Gasteiger partial charge in [-0.3, -0.25) is 9.79 Å². The number of hydrogen-bond donors (Lipinski definition) is 2. The molecule has 1 amide bonds. The minimum absolute atomic E-state index is 0. The summed E-state index contributed by atoms with van der Waals surface area (Å²) in [6.07, 6.45) is 3.29. The van der Waals surface area contributed by atoms with Crippen molar-refractivity contribution in [3.05, 3.63) is 35.4 Å². The van der Waals surface area contributed by atoms with E-state index in [-0.39, 0.29) is 36.0 Å². The maximum atomic E-state index is 12.1. The number of carbonyl (C=O) groups excluding carboxylic acids is 1. The Morgan fingerprint density at radius 1 is 1.34 bits per heavy atom. The number of hydrogen-bond acceptors (Lipinski definition) is 4. The SMILES string of the molecule is CCNC(=NCCOCC1CCCO1)NCCc1cccc(C(=O)N(C)C)c1.I. The molecule has 1 aromatic rings. The summed E-state index contributed by atoms with van der Waals surface area (Å²) in [6, 6.07) is 7.77. The monoisotopic (exact) mass is 518 g/mol. The van der Waals surface area contributed by atoms with Crippen LogP contribution >= 0.6 is 24.0 Å². The van der Waals surface area contributed by atoms with E-state index in [0.29, 0.717) is 25.3 Å².